The quantitative estimate of drug-likeness (QED) is 0.842. The molecule has 0 aliphatic rings. The first-order chi connectivity index (χ1) is 9.73. The summed E-state index contributed by atoms with van der Waals surface area (Å²) in [5.41, 5.74) is 7.74. The van der Waals surface area contributed by atoms with E-state index < -0.39 is 10.0 Å². The normalized spacial score (nSPS) is 13.9. The molecule has 0 spiro atoms. The van der Waals surface area contributed by atoms with Crippen LogP contribution in [0, 0.1) is 5.92 Å². The van der Waals surface area contributed by atoms with Gasteiger partial charge in [-0.1, -0.05) is 26.8 Å². The van der Waals surface area contributed by atoms with Gasteiger partial charge >= 0.3 is 0 Å². The number of rotatable bonds is 7. The molecule has 21 heavy (non-hydrogen) atoms. The van der Waals surface area contributed by atoms with Gasteiger partial charge in [-0.15, -0.1) is 0 Å². The van der Waals surface area contributed by atoms with Gasteiger partial charge in [-0.25, -0.2) is 8.42 Å². The van der Waals surface area contributed by atoms with Crippen molar-refractivity contribution in [2.45, 2.75) is 58.0 Å². The lowest BCUT2D eigenvalue weighted by atomic mass is 10.1. The van der Waals surface area contributed by atoms with Crippen molar-refractivity contribution in [2.24, 2.45) is 11.7 Å². The molecule has 1 rings (SSSR count). The summed E-state index contributed by atoms with van der Waals surface area (Å²) in [6, 6.07) is 5.25. The lowest BCUT2D eigenvalue weighted by molar-refractivity contribution is 0.338. The number of hydrogen-bond donors (Lipinski definition) is 1. The first kappa shape index (κ1) is 18.1. The Morgan fingerprint density at radius 1 is 1.19 bits per heavy atom. The Labute approximate surface area is 129 Å². The molecule has 0 saturated heterocycles. The van der Waals surface area contributed by atoms with Gasteiger partial charge in [0.05, 0.1) is 4.90 Å². The second kappa shape index (κ2) is 7.38. The molecule has 1 aromatic rings. The zero-order valence-corrected chi connectivity index (χ0v) is 14.6. The summed E-state index contributed by atoms with van der Waals surface area (Å²) in [5.74, 6) is 0.458. The van der Waals surface area contributed by atoms with Crippen LogP contribution in [0.2, 0.25) is 0 Å². The summed E-state index contributed by atoms with van der Waals surface area (Å²) >= 11 is 0. The summed E-state index contributed by atoms with van der Waals surface area (Å²) in [5, 5.41) is 0. The van der Waals surface area contributed by atoms with Crippen molar-refractivity contribution in [2.75, 3.05) is 7.05 Å². The Morgan fingerprint density at radius 3 is 2.29 bits per heavy atom. The van der Waals surface area contributed by atoms with Gasteiger partial charge in [-0.05, 0) is 48.9 Å². The molecule has 0 fully saturated rings. The topological polar surface area (TPSA) is 63.4 Å². The molecule has 0 aliphatic carbocycles. The molecule has 0 saturated carbocycles. The minimum Gasteiger partial charge on any atom is -0.326 e. The highest BCUT2D eigenvalue weighted by atomic mass is 32.2. The van der Waals surface area contributed by atoms with Crippen LogP contribution in [-0.2, 0) is 23.0 Å². The molecular weight excluding hydrogens is 284 g/mol. The van der Waals surface area contributed by atoms with Gasteiger partial charge in [0.2, 0.25) is 10.0 Å². The summed E-state index contributed by atoms with van der Waals surface area (Å²) in [6.07, 6.45) is 1.69. The lowest BCUT2D eigenvalue weighted by Crippen LogP contribution is -2.36. The van der Waals surface area contributed by atoms with Crippen LogP contribution in [0.3, 0.4) is 0 Å². The van der Waals surface area contributed by atoms with Gasteiger partial charge in [0.15, 0.2) is 0 Å². The van der Waals surface area contributed by atoms with Gasteiger partial charge in [0.25, 0.3) is 0 Å². The number of benzene rings is 1. The van der Waals surface area contributed by atoms with Crippen LogP contribution in [0.5, 0.6) is 0 Å². The highest BCUT2D eigenvalue weighted by Gasteiger charge is 2.26. The highest BCUT2D eigenvalue weighted by Crippen LogP contribution is 2.22. The molecule has 0 bridgehead atoms. The third kappa shape index (κ3) is 4.28. The monoisotopic (exact) mass is 312 g/mol. The Hall–Kier alpha value is -0.910. The molecule has 2 N–H and O–H groups in total. The van der Waals surface area contributed by atoms with Crippen LogP contribution >= 0.6 is 0 Å². The maximum Gasteiger partial charge on any atom is 0.243 e. The molecule has 5 heteroatoms. The molecule has 0 heterocycles. The largest absolute Gasteiger partial charge is 0.326 e. The predicted molar refractivity (Wildman–Crippen MR) is 87.6 cm³/mol. The third-order valence-electron chi connectivity index (χ3n) is 3.89. The third-order valence-corrected chi connectivity index (χ3v) is 5.86. The van der Waals surface area contributed by atoms with Gasteiger partial charge in [0.1, 0.15) is 0 Å². The number of nitrogens with zero attached hydrogens (tertiary/aromatic N) is 1. The summed E-state index contributed by atoms with van der Waals surface area (Å²) in [6.45, 7) is 8.54. The molecule has 4 nitrogen and oxygen atoms in total. The summed E-state index contributed by atoms with van der Waals surface area (Å²) in [7, 11) is -1.81. The van der Waals surface area contributed by atoms with Gasteiger partial charge < -0.3 is 5.73 Å². The number of aryl methyl sites for hydroxylation is 1. The van der Waals surface area contributed by atoms with E-state index in [0.717, 1.165) is 24.0 Å². The first-order valence-corrected chi connectivity index (χ1v) is 8.97. The van der Waals surface area contributed by atoms with E-state index >= 15 is 0 Å². The Balaban J connectivity index is 3.13. The summed E-state index contributed by atoms with van der Waals surface area (Å²) in [4.78, 5) is 0.332. The average molecular weight is 312 g/mol. The molecule has 0 radical (unpaired) electrons. The van der Waals surface area contributed by atoms with E-state index in [-0.39, 0.29) is 6.04 Å². The smallest absolute Gasteiger partial charge is 0.243 e. The van der Waals surface area contributed by atoms with Gasteiger partial charge in [-0.2, -0.15) is 4.31 Å². The summed E-state index contributed by atoms with van der Waals surface area (Å²) < 4.78 is 26.9. The van der Waals surface area contributed by atoms with E-state index in [1.807, 2.05) is 19.9 Å². The van der Waals surface area contributed by atoms with Crippen LogP contribution in [0.25, 0.3) is 0 Å². The Morgan fingerprint density at radius 2 is 1.81 bits per heavy atom. The van der Waals surface area contributed by atoms with Crippen molar-refractivity contribution in [1.29, 1.82) is 0 Å². The highest BCUT2D eigenvalue weighted by molar-refractivity contribution is 7.89. The maximum absolute atomic E-state index is 12.7. The van der Waals surface area contributed by atoms with E-state index in [0.29, 0.717) is 17.4 Å². The molecular formula is C16H28N2O2S. The van der Waals surface area contributed by atoms with Crippen LogP contribution < -0.4 is 5.73 Å². The van der Waals surface area contributed by atoms with E-state index in [4.69, 9.17) is 5.73 Å². The van der Waals surface area contributed by atoms with E-state index in [2.05, 4.69) is 13.8 Å². The van der Waals surface area contributed by atoms with Crippen molar-refractivity contribution < 1.29 is 8.42 Å². The SMILES string of the molecule is CCc1ccc(S(=O)(=O)N(C)C(C)CC(C)C)cc1CN. The standard InChI is InChI=1S/C16H28N2O2S/c1-6-14-7-8-16(10-15(14)11-17)21(19,20)18(5)13(4)9-12(2)3/h7-8,10,12-13H,6,9,11,17H2,1-5H3. The van der Waals surface area contributed by atoms with Crippen molar-refractivity contribution >= 4 is 10.0 Å². The fourth-order valence-electron chi connectivity index (χ4n) is 2.53. The van der Waals surface area contributed by atoms with Crippen molar-refractivity contribution in [3.8, 4) is 0 Å². The van der Waals surface area contributed by atoms with E-state index in [9.17, 15) is 8.42 Å². The lowest BCUT2D eigenvalue weighted by Gasteiger charge is -2.26. The van der Waals surface area contributed by atoms with Crippen LogP contribution in [0.15, 0.2) is 23.1 Å². The van der Waals surface area contributed by atoms with Crippen molar-refractivity contribution in [3.05, 3.63) is 29.3 Å². The Kier molecular flexibility index (Phi) is 6.38. The van der Waals surface area contributed by atoms with Gasteiger partial charge in [0, 0.05) is 19.6 Å². The number of nitrogens with two attached hydrogens (primary N) is 1. The van der Waals surface area contributed by atoms with E-state index in [1.165, 1.54) is 4.31 Å². The van der Waals surface area contributed by atoms with Crippen LogP contribution in [0.4, 0.5) is 0 Å². The number of hydrogen-bond acceptors (Lipinski definition) is 3. The number of sulfonamides is 1. The van der Waals surface area contributed by atoms with E-state index in [1.54, 1.807) is 19.2 Å². The second-order valence-corrected chi connectivity index (χ2v) is 7.99. The average Bonchev–Trinajstić information content (AvgIpc) is 2.44. The van der Waals surface area contributed by atoms with Crippen LogP contribution in [0.1, 0.15) is 45.2 Å². The second-order valence-electron chi connectivity index (χ2n) is 5.99. The van der Waals surface area contributed by atoms with Crippen molar-refractivity contribution in [1.82, 2.24) is 4.31 Å². The first-order valence-electron chi connectivity index (χ1n) is 7.53. The Bertz CT molecular complexity index is 568. The minimum atomic E-state index is -3.46. The molecule has 0 aromatic heterocycles. The molecule has 0 aliphatic heterocycles. The molecule has 1 aromatic carbocycles. The van der Waals surface area contributed by atoms with Crippen LogP contribution in [-0.4, -0.2) is 25.8 Å². The fraction of sp³-hybridized carbons (Fsp3) is 0.625. The fourth-order valence-corrected chi connectivity index (χ4v) is 3.96. The zero-order chi connectivity index (χ0) is 16.2. The zero-order valence-electron chi connectivity index (χ0n) is 13.8. The van der Waals surface area contributed by atoms with Gasteiger partial charge in [-0.3, -0.25) is 0 Å². The minimum absolute atomic E-state index is 0.0258. The predicted octanol–water partition coefficient (Wildman–Crippen LogP) is 2.76. The molecule has 120 valence electrons. The molecule has 1 atom stereocenters. The van der Waals surface area contributed by atoms with Crippen molar-refractivity contribution in [3.63, 3.8) is 0 Å². The molecule has 1 unspecified atom stereocenters. The molecule has 0 amide bonds. The maximum atomic E-state index is 12.7.